The minimum absolute atomic E-state index is 0.215. The first-order valence-electron chi connectivity index (χ1n) is 7.81. The van der Waals surface area contributed by atoms with Gasteiger partial charge in [0.15, 0.2) is 0 Å². The zero-order valence-electron chi connectivity index (χ0n) is 12.9. The van der Waals surface area contributed by atoms with Crippen LogP contribution in [0, 0.1) is 5.92 Å². The molecule has 1 N–H and O–H groups in total. The maximum absolute atomic E-state index is 12.4. The maximum atomic E-state index is 12.4. The minimum atomic E-state index is -1.07. The average Bonchev–Trinajstić information content (AvgIpc) is 3.13. The van der Waals surface area contributed by atoms with Crippen molar-refractivity contribution in [2.24, 2.45) is 5.92 Å². The summed E-state index contributed by atoms with van der Waals surface area (Å²) in [5.74, 6) is -1.74. The van der Waals surface area contributed by atoms with Gasteiger partial charge in [-0.1, -0.05) is 25.7 Å². The molecule has 23 heavy (non-hydrogen) atoms. The van der Waals surface area contributed by atoms with Crippen LogP contribution in [-0.4, -0.2) is 35.9 Å². The topological polar surface area (TPSA) is 83.9 Å². The highest BCUT2D eigenvalue weighted by molar-refractivity contribution is 6.52. The zero-order chi connectivity index (χ0) is 16.6. The molecule has 1 heterocycles. The molecule has 0 saturated heterocycles. The molecule has 6 nitrogen and oxygen atoms in total. The van der Waals surface area contributed by atoms with Gasteiger partial charge in [0.05, 0.1) is 18.4 Å². The number of Topliss-reactive ketones (excluding diaryl/α,β-unsaturated/α-hetero) is 1. The van der Waals surface area contributed by atoms with Gasteiger partial charge in [-0.15, -0.1) is 0 Å². The van der Waals surface area contributed by atoms with Crippen molar-refractivity contribution in [1.29, 1.82) is 0 Å². The molecule has 1 aromatic rings. The third kappa shape index (κ3) is 2.69. The molecule has 1 unspecified atom stereocenters. The third-order valence-electron chi connectivity index (χ3n) is 4.75. The molecular weight excluding hydrogens is 298 g/mol. The van der Waals surface area contributed by atoms with E-state index >= 15 is 0 Å². The Hall–Kier alpha value is -2.37. The lowest BCUT2D eigenvalue weighted by Gasteiger charge is -2.26. The predicted octanol–water partition coefficient (Wildman–Crippen LogP) is 2.26. The molecule has 0 aromatic heterocycles. The van der Waals surface area contributed by atoms with E-state index in [0.717, 1.165) is 30.6 Å². The number of ether oxygens (including phenoxy) is 1. The van der Waals surface area contributed by atoms with Crippen molar-refractivity contribution in [3.8, 4) is 5.75 Å². The fraction of sp³-hybridized carbons (Fsp3) is 0.471. The summed E-state index contributed by atoms with van der Waals surface area (Å²) in [5.41, 5.74) is 0.582. The normalized spacial score (nSPS) is 19.1. The number of benzene rings is 1. The number of carbonyl (C=O) groups excluding carboxylic acids is 2. The van der Waals surface area contributed by atoms with E-state index < -0.39 is 23.7 Å². The Bertz CT molecular complexity index is 663. The van der Waals surface area contributed by atoms with Crippen molar-refractivity contribution in [2.75, 3.05) is 12.0 Å². The number of anilines is 1. The lowest BCUT2D eigenvalue weighted by Crippen LogP contribution is -2.45. The summed E-state index contributed by atoms with van der Waals surface area (Å²) >= 11 is 0. The van der Waals surface area contributed by atoms with E-state index in [4.69, 9.17) is 4.74 Å². The van der Waals surface area contributed by atoms with Gasteiger partial charge in [0.2, 0.25) is 0 Å². The van der Waals surface area contributed by atoms with Gasteiger partial charge in [0.25, 0.3) is 11.7 Å². The van der Waals surface area contributed by atoms with Crippen LogP contribution in [0.15, 0.2) is 18.2 Å². The molecular formula is C17H19NO5. The van der Waals surface area contributed by atoms with Gasteiger partial charge in [-0.25, -0.2) is 4.79 Å². The average molecular weight is 317 g/mol. The summed E-state index contributed by atoms with van der Waals surface area (Å²) in [6.45, 7) is 0. The molecule has 3 rings (SSSR count). The Morgan fingerprint density at radius 3 is 2.65 bits per heavy atom. The van der Waals surface area contributed by atoms with E-state index in [9.17, 15) is 19.5 Å². The summed E-state index contributed by atoms with van der Waals surface area (Å²) in [6, 6.07) is 3.71. The monoisotopic (exact) mass is 317 g/mol. The number of amides is 1. The fourth-order valence-corrected chi connectivity index (χ4v) is 3.56. The van der Waals surface area contributed by atoms with Crippen LogP contribution in [0.2, 0.25) is 0 Å². The number of ketones is 1. The van der Waals surface area contributed by atoms with Crippen LogP contribution in [0.1, 0.15) is 42.5 Å². The van der Waals surface area contributed by atoms with Gasteiger partial charge < -0.3 is 9.84 Å². The first-order valence-corrected chi connectivity index (χ1v) is 7.81. The molecule has 0 radical (unpaired) electrons. The van der Waals surface area contributed by atoms with E-state index in [-0.39, 0.29) is 5.56 Å². The Labute approximate surface area is 134 Å². The molecule has 122 valence electrons. The summed E-state index contributed by atoms with van der Waals surface area (Å²) in [6.07, 6.45) is 4.54. The van der Waals surface area contributed by atoms with Crippen LogP contribution in [0.3, 0.4) is 0 Å². The summed E-state index contributed by atoms with van der Waals surface area (Å²) < 4.78 is 5.08. The molecule has 1 aliphatic heterocycles. The Morgan fingerprint density at radius 2 is 2.04 bits per heavy atom. The molecule has 0 bridgehead atoms. The van der Waals surface area contributed by atoms with E-state index in [1.165, 1.54) is 13.2 Å². The number of carbonyl (C=O) groups is 3. The van der Waals surface area contributed by atoms with Gasteiger partial charge in [-0.05, 0) is 30.5 Å². The van der Waals surface area contributed by atoms with Crippen molar-refractivity contribution in [3.05, 3.63) is 23.8 Å². The third-order valence-corrected chi connectivity index (χ3v) is 4.75. The Kier molecular flexibility index (Phi) is 4.07. The number of fused-ring (bicyclic) bond motifs is 1. The fourth-order valence-electron chi connectivity index (χ4n) is 3.56. The Morgan fingerprint density at radius 1 is 1.35 bits per heavy atom. The molecule has 1 atom stereocenters. The van der Waals surface area contributed by atoms with E-state index in [1.54, 1.807) is 12.1 Å². The van der Waals surface area contributed by atoms with Crippen LogP contribution in [0.4, 0.5) is 5.69 Å². The second-order valence-corrected chi connectivity index (χ2v) is 6.13. The lowest BCUT2D eigenvalue weighted by molar-refractivity contribution is -0.140. The highest BCUT2D eigenvalue weighted by Crippen LogP contribution is 2.37. The number of nitrogens with zero attached hydrogens (tertiary/aromatic N) is 1. The minimum Gasteiger partial charge on any atom is -0.497 e. The summed E-state index contributed by atoms with van der Waals surface area (Å²) in [4.78, 5) is 37.4. The number of carboxylic acid groups (broad SMARTS) is 1. The van der Waals surface area contributed by atoms with E-state index in [0.29, 0.717) is 23.8 Å². The molecule has 2 aliphatic rings. The first kappa shape index (κ1) is 15.5. The number of rotatable bonds is 5. The van der Waals surface area contributed by atoms with Crippen LogP contribution in [0.25, 0.3) is 0 Å². The predicted molar refractivity (Wildman–Crippen MR) is 82.8 cm³/mol. The van der Waals surface area contributed by atoms with Crippen molar-refractivity contribution in [3.63, 3.8) is 0 Å². The molecule has 1 amide bonds. The largest absolute Gasteiger partial charge is 0.497 e. The van der Waals surface area contributed by atoms with Gasteiger partial charge in [0, 0.05) is 0 Å². The highest BCUT2D eigenvalue weighted by atomic mass is 16.5. The van der Waals surface area contributed by atoms with Gasteiger partial charge in [-0.3, -0.25) is 14.5 Å². The summed E-state index contributed by atoms with van der Waals surface area (Å²) in [5, 5.41) is 9.59. The molecule has 1 saturated carbocycles. The number of aliphatic carboxylic acids is 1. The lowest BCUT2D eigenvalue weighted by atomic mass is 9.97. The van der Waals surface area contributed by atoms with Crippen molar-refractivity contribution >= 4 is 23.3 Å². The van der Waals surface area contributed by atoms with Crippen molar-refractivity contribution in [2.45, 2.75) is 38.1 Å². The quantitative estimate of drug-likeness (QED) is 0.842. The van der Waals surface area contributed by atoms with Gasteiger partial charge >= 0.3 is 5.97 Å². The molecule has 0 spiro atoms. The Balaban J connectivity index is 1.95. The second kappa shape index (κ2) is 6.02. The summed E-state index contributed by atoms with van der Waals surface area (Å²) in [7, 11) is 1.47. The molecule has 1 fully saturated rings. The number of methoxy groups -OCH3 is 1. The van der Waals surface area contributed by atoms with Crippen LogP contribution >= 0.6 is 0 Å². The van der Waals surface area contributed by atoms with Gasteiger partial charge in [0.1, 0.15) is 11.8 Å². The van der Waals surface area contributed by atoms with Crippen LogP contribution in [0.5, 0.6) is 5.75 Å². The standard InChI is InChI=1S/C17H19NO5/c1-23-11-6-7-13-12(9-11)15(19)16(20)18(13)14(17(21)22)8-10-4-2-3-5-10/h6-7,9-10,14H,2-5,8H2,1H3,(H,21,22). The number of hydrogen-bond acceptors (Lipinski definition) is 4. The maximum Gasteiger partial charge on any atom is 0.326 e. The second-order valence-electron chi connectivity index (χ2n) is 6.13. The highest BCUT2D eigenvalue weighted by Gasteiger charge is 2.43. The molecule has 1 aliphatic carbocycles. The SMILES string of the molecule is COc1ccc2c(c1)C(=O)C(=O)N2C(CC1CCCC1)C(=O)O. The van der Waals surface area contributed by atoms with Crippen LogP contribution in [-0.2, 0) is 9.59 Å². The van der Waals surface area contributed by atoms with Crippen LogP contribution < -0.4 is 9.64 Å². The van der Waals surface area contributed by atoms with E-state index in [1.807, 2.05) is 0 Å². The van der Waals surface area contributed by atoms with Gasteiger partial charge in [-0.2, -0.15) is 0 Å². The first-order chi connectivity index (χ1) is 11.0. The van der Waals surface area contributed by atoms with E-state index in [2.05, 4.69) is 0 Å². The molecule has 6 heteroatoms. The molecule has 1 aromatic carbocycles. The van der Waals surface area contributed by atoms with Crippen molar-refractivity contribution in [1.82, 2.24) is 0 Å². The van der Waals surface area contributed by atoms with Crippen molar-refractivity contribution < 1.29 is 24.2 Å². The smallest absolute Gasteiger partial charge is 0.326 e. The zero-order valence-corrected chi connectivity index (χ0v) is 12.9. The number of hydrogen-bond donors (Lipinski definition) is 1. The number of carboxylic acids is 1.